The Morgan fingerprint density at radius 2 is 2.19 bits per heavy atom. The van der Waals surface area contributed by atoms with Crippen molar-refractivity contribution in [1.82, 2.24) is 0 Å². The van der Waals surface area contributed by atoms with Crippen molar-refractivity contribution >= 4 is 11.6 Å². The van der Waals surface area contributed by atoms with Crippen molar-refractivity contribution in [3.05, 3.63) is 29.3 Å². The highest BCUT2D eigenvalue weighted by atomic mass is 35.5. The van der Waals surface area contributed by atoms with Crippen LogP contribution in [0.15, 0.2) is 18.2 Å². The van der Waals surface area contributed by atoms with Gasteiger partial charge in [0.05, 0.1) is 11.4 Å². The molecule has 0 radical (unpaired) electrons. The van der Waals surface area contributed by atoms with E-state index >= 15 is 0 Å². The Bertz CT molecular complexity index is 391. The Labute approximate surface area is 102 Å². The predicted molar refractivity (Wildman–Crippen MR) is 65.9 cm³/mol. The molecule has 0 spiro atoms. The molecule has 0 saturated heterocycles. The van der Waals surface area contributed by atoms with E-state index < -0.39 is 0 Å². The first-order valence-electron chi connectivity index (χ1n) is 5.14. The summed E-state index contributed by atoms with van der Waals surface area (Å²) in [4.78, 5) is 0. The molecule has 0 saturated carbocycles. The van der Waals surface area contributed by atoms with E-state index in [-0.39, 0.29) is 6.79 Å². The average Bonchev–Trinajstić information content (AvgIpc) is 2.29. The second kappa shape index (κ2) is 7.16. The van der Waals surface area contributed by atoms with Crippen LogP contribution < -0.4 is 4.74 Å². The fourth-order valence-electron chi connectivity index (χ4n) is 1.18. The van der Waals surface area contributed by atoms with E-state index in [1.54, 1.807) is 0 Å². The third-order valence-corrected chi connectivity index (χ3v) is 2.06. The number of benzene rings is 1. The van der Waals surface area contributed by atoms with E-state index in [1.165, 1.54) is 0 Å². The lowest BCUT2D eigenvalue weighted by Crippen LogP contribution is -2.03. The van der Waals surface area contributed by atoms with Crippen LogP contribution in [0.3, 0.4) is 0 Å². The molecule has 3 heteroatoms. The Morgan fingerprint density at radius 3 is 2.88 bits per heavy atom. The smallest absolute Gasteiger partial charge is 0.189 e. The first-order chi connectivity index (χ1) is 7.77. The second-order valence-electron chi connectivity index (χ2n) is 3.19. The zero-order valence-corrected chi connectivity index (χ0v) is 10.3. The molecule has 0 atom stereocenters. The number of ether oxygens (including phenoxy) is 2. The highest BCUT2D eigenvalue weighted by Gasteiger charge is 2.01. The van der Waals surface area contributed by atoms with Crippen molar-refractivity contribution in [2.45, 2.75) is 13.8 Å². The molecule has 0 heterocycles. The highest BCUT2D eigenvalue weighted by Crippen LogP contribution is 2.19. The summed E-state index contributed by atoms with van der Waals surface area (Å²) in [5.74, 6) is 6.84. The number of aryl methyl sites for hydroxylation is 1. The summed E-state index contributed by atoms with van der Waals surface area (Å²) in [5, 5.41) is 0. The van der Waals surface area contributed by atoms with Gasteiger partial charge in [-0.15, -0.1) is 11.6 Å². The SMILES string of the molecule is CCOCOc1ccc(C)cc1C#CCCl. The van der Waals surface area contributed by atoms with Crippen molar-refractivity contribution in [3.8, 4) is 17.6 Å². The van der Waals surface area contributed by atoms with Gasteiger partial charge in [-0.3, -0.25) is 0 Å². The molecule has 1 rings (SSSR count). The van der Waals surface area contributed by atoms with Gasteiger partial charge < -0.3 is 9.47 Å². The van der Waals surface area contributed by atoms with Crippen LogP contribution in [0.2, 0.25) is 0 Å². The zero-order valence-electron chi connectivity index (χ0n) is 9.55. The van der Waals surface area contributed by atoms with Crippen molar-refractivity contribution < 1.29 is 9.47 Å². The maximum absolute atomic E-state index is 5.53. The Balaban J connectivity index is 2.80. The Hall–Kier alpha value is -1.17. The summed E-state index contributed by atoms with van der Waals surface area (Å²) in [5.41, 5.74) is 1.99. The predicted octanol–water partition coefficient (Wildman–Crippen LogP) is 2.96. The molecule has 0 fully saturated rings. The first-order valence-corrected chi connectivity index (χ1v) is 5.67. The third kappa shape index (κ3) is 4.14. The van der Waals surface area contributed by atoms with Crippen LogP contribution in [0.4, 0.5) is 0 Å². The van der Waals surface area contributed by atoms with Gasteiger partial charge in [0.25, 0.3) is 0 Å². The van der Waals surface area contributed by atoms with Gasteiger partial charge in [0.1, 0.15) is 5.75 Å². The van der Waals surface area contributed by atoms with E-state index in [2.05, 4.69) is 11.8 Å². The third-order valence-electron chi connectivity index (χ3n) is 1.93. The van der Waals surface area contributed by atoms with Crippen LogP contribution >= 0.6 is 11.6 Å². The summed E-state index contributed by atoms with van der Waals surface area (Å²) < 4.78 is 10.6. The van der Waals surface area contributed by atoms with Gasteiger partial charge in [-0.05, 0) is 31.5 Å². The maximum Gasteiger partial charge on any atom is 0.189 e. The van der Waals surface area contributed by atoms with E-state index in [9.17, 15) is 0 Å². The highest BCUT2D eigenvalue weighted by molar-refractivity contribution is 6.19. The van der Waals surface area contributed by atoms with Crippen molar-refractivity contribution in [2.75, 3.05) is 19.3 Å². The molecule has 0 aromatic heterocycles. The second-order valence-corrected chi connectivity index (χ2v) is 3.46. The minimum absolute atomic E-state index is 0.245. The molecule has 0 N–H and O–H groups in total. The molecule has 1 aromatic rings. The van der Waals surface area contributed by atoms with Gasteiger partial charge in [0.2, 0.25) is 0 Å². The molecule has 2 nitrogen and oxygen atoms in total. The van der Waals surface area contributed by atoms with Crippen LogP contribution in [-0.2, 0) is 4.74 Å². The molecule has 0 unspecified atom stereocenters. The minimum Gasteiger partial charge on any atom is -0.466 e. The Morgan fingerprint density at radius 1 is 1.38 bits per heavy atom. The van der Waals surface area contributed by atoms with E-state index in [0.29, 0.717) is 12.5 Å². The van der Waals surface area contributed by atoms with Gasteiger partial charge in [0.15, 0.2) is 6.79 Å². The van der Waals surface area contributed by atoms with Crippen LogP contribution in [0.25, 0.3) is 0 Å². The largest absolute Gasteiger partial charge is 0.466 e. The molecule has 0 aliphatic rings. The van der Waals surface area contributed by atoms with Gasteiger partial charge in [-0.2, -0.15) is 0 Å². The van der Waals surface area contributed by atoms with E-state index in [0.717, 1.165) is 16.9 Å². The van der Waals surface area contributed by atoms with Crippen molar-refractivity contribution in [1.29, 1.82) is 0 Å². The number of alkyl halides is 1. The molecular weight excluding hydrogens is 224 g/mol. The summed E-state index contributed by atoms with van der Waals surface area (Å²) in [6, 6.07) is 5.85. The van der Waals surface area contributed by atoms with Crippen LogP contribution in [0, 0.1) is 18.8 Å². The van der Waals surface area contributed by atoms with Crippen molar-refractivity contribution in [2.24, 2.45) is 0 Å². The molecule has 16 heavy (non-hydrogen) atoms. The van der Waals surface area contributed by atoms with Crippen LogP contribution in [-0.4, -0.2) is 19.3 Å². The molecular formula is C13H15ClO2. The van der Waals surface area contributed by atoms with Crippen LogP contribution in [0.5, 0.6) is 5.75 Å². The molecule has 0 bridgehead atoms. The molecule has 0 aliphatic carbocycles. The standard InChI is InChI=1S/C13H15ClO2/c1-3-15-10-16-13-7-6-11(2)9-12(13)5-4-8-14/h6-7,9H,3,8,10H2,1-2H3. The number of rotatable bonds is 4. The average molecular weight is 239 g/mol. The normalized spacial score (nSPS) is 9.44. The van der Waals surface area contributed by atoms with E-state index in [4.69, 9.17) is 21.1 Å². The van der Waals surface area contributed by atoms with Crippen molar-refractivity contribution in [3.63, 3.8) is 0 Å². The minimum atomic E-state index is 0.245. The summed E-state index contributed by atoms with van der Waals surface area (Å²) in [6.07, 6.45) is 0. The molecule has 86 valence electrons. The lowest BCUT2D eigenvalue weighted by atomic mass is 10.1. The summed E-state index contributed by atoms with van der Waals surface area (Å²) >= 11 is 5.53. The monoisotopic (exact) mass is 238 g/mol. The van der Waals surface area contributed by atoms with E-state index in [1.807, 2.05) is 32.0 Å². The molecule has 1 aromatic carbocycles. The zero-order chi connectivity index (χ0) is 11.8. The number of hydrogen-bond donors (Lipinski definition) is 0. The lowest BCUT2D eigenvalue weighted by molar-refractivity contribution is 0.0222. The number of hydrogen-bond acceptors (Lipinski definition) is 2. The van der Waals surface area contributed by atoms with Gasteiger partial charge in [0, 0.05) is 6.61 Å². The molecule has 0 amide bonds. The summed E-state index contributed by atoms with van der Waals surface area (Å²) in [7, 11) is 0. The Kier molecular flexibility index (Phi) is 5.77. The van der Waals surface area contributed by atoms with Crippen LogP contribution in [0.1, 0.15) is 18.1 Å². The number of halogens is 1. The van der Waals surface area contributed by atoms with Gasteiger partial charge in [-0.1, -0.05) is 17.9 Å². The van der Waals surface area contributed by atoms with Gasteiger partial charge >= 0.3 is 0 Å². The fraction of sp³-hybridized carbons (Fsp3) is 0.385. The summed E-state index contributed by atoms with van der Waals surface area (Å²) in [6.45, 7) is 4.81. The molecule has 0 aliphatic heterocycles. The van der Waals surface area contributed by atoms with Gasteiger partial charge in [-0.25, -0.2) is 0 Å². The maximum atomic E-state index is 5.53. The topological polar surface area (TPSA) is 18.5 Å². The fourth-order valence-corrected chi connectivity index (χ4v) is 1.25. The first kappa shape index (κ1) is 12.9. The quantitative estimate of drug-likeness (QED) is 0.348. The lowest BCUT2D eigenvalue weighted by Gasteiger charge is -2.08.